The van der Waals surface area contributed by atoms with Gasteiger partial charge in [-0.1, -0.05) is 11.6 Å². The third-order valence-electron chi connectivity index (χ3n) is 5.74. The predicted octanol–water partition coefficient (Wildman–Crippen LogP) is 1.94. The number of hydrogen-bond donors (Lipinski definition) is 0. The highest BCUT2D eigenvalue weighted by atomic mass is 35.5. The molecule has 0 N–H and O–H groups in total. The van der Waals surface area contributed by atoms with E-state index in [4.69, 9.17) is 11.6 Å². The number of halogens is 1. The Hall–Kier alpha value is -1.56. The van der Waals surface area contributed by atoms with Gasteiger partial charge in [0.25, 0.3) is 5.91 Å². The van der Waals surface area contributed by atoms with Crippen molar-refractivity contribution in [2.24, 2.45) is 18.4 Å². The van der Waals surface area contributed by atoms with Crippen LogP contribution in [-0.2, 0) is 11.8 Å². The van der Waals surface area contributed by atoms with Gasteiger partial charge < -0.3 is 9.80 Å². The minimum Gasteiger partial charge on any atom is -0.342 e. The zero-order valence-electron chi connectivity index (χ0n) is 14.0. The molecule has 1 atom stereocenters. The number of rotatable bonds is 3. The highest BCUT2D eigenvalue weighted by Gasteiger charge is 2.50. The van der Waals surface area contributed by atoms with Gasteiger partial charge in [-0.15, -0.1) is 0 Å². The van der Waals surface area contributed by atoms with Crippen molar-refractivity contribution in [2.75, 3.05) is 26.2 Å². The normalized spacial score (nSPS) is 27.3. The molecule has 0 radical (unpaired) electrons. The van der Waals surface area contributed by atoms with Crippen LogP contribution in [0.15, 0.2) is 6.20 Å². The maximum atomic E-state index is 13.0. The molecule has 1 spiro atoms. The Bertz CT molecular complexity index is 665. The number of piperidine rings is 1. The first-order chi connectivity index (χ1) is 11.5. The lowest BCUT2D eigenvalue weighted by Gasteiger charge is -2.39. The van der Waals surface area contributed by atoms with Crippen LogP contribution in [0.5, 0.6) is 0 Å². The predicted molar refractivity (Wildman–Crippen MR) is 89.7 cm³/mol. The van der Waals surface area contributed by atoms with Gasteiger partial charge in [-0.2, -0.15) is 5.10 Å². The van der Waals surface area contributed by atoms with Crippen molar-refractivity contribution in [3.05, 3.63) is 16.9 Å². The number of aryl methyl sites for hydroxylation is 1. The van der Waals surface area contributed by atoms with Crippen molar-refractivity contribution < 1.29 is 9.59 Å². The van der Waals surface area contributed by atoms with Gasteiger partial charge in [-0.3, -0.25) is 14.3 Å². The molecule has 24 heavy (non-hydrogen) atoms. The molecule has 3 fully saturated rings. The van der Waals surface area contributed by atoms with Gasteiger partial charge in [-0.05, 0) is 38.0 Å². The van der Waals surface area contributed by atoms with Crippen LogP contribution in [0.1, 0.15) is 42.6 Å². The van der Waals surface area contributed by atoms with Crippen LogP contribution in [0.2, 0.25) is 5.02 Å². The Balaban J connectivity index is 1.50. The molecule has 4 rings (SSSR count). The summed E-state index contributed by atoms with van der Waals surface area (Å²) in [6.45, 7) is 2.90. The third-order valence-corrected chi connectivity index (χ3v) is 6.01. The van der Waals surface area contributed by atoms with Crippen molar-refractivity contribution in [2.45, 2.75) is 32.1 Å². The van der Waals surface area contributed by atoms with Gasteiger partial charge in [-0.25, -0.2) is 0 Å². The SMILES string of the molecule is Cn1ncc(Cl)c1C(=O)N1CC[C@@]2(CCCN(CC3CC3)C2=O)C1. The molecule has 2 aliphatic heterocycles. The second-order valence-corrected chi connectivity index (χ2v) is 7.93. The van der Waals surface area contributed by atoms with Gasteiger partial charge >= 0.3 is 0 Å². The van der Waals surface area contributed by atoms with E-state index < -0.39 is 0 Å². The number of aromatic nitrogens is 2. The van der Waals surface area contributed by atoms with E-state index in [0.717, 1.165) is 32.4 Å². The number of nitrogens with zero attached hydrogens (tertiary/aromatic N) is 4. The Morgan fingerprint density at radius 3 is 2.83 bits per heavy atom. The monoisotopic (exact) mass is 350 g/mol. The number of hydrogen-bond acceptors (Lipinski definition) is 3. The first-order valence-electron chi connectivity index (χ1n) is 8.76. The summed E-state index contributed by atoms with van der Waals surface area (Å²) in [4.78, 5) is 29.7. The largest absolute Gasteiger partial charge is 0.342 e. The zero-order valence-corrected chi connectivity index (χ0v) is 14.8. The van der Waals surface area contributed by atoms with Crippen LogP contribution in [0.3, 0.4) is 0 Å². The van der Waals surface area contributed by atoms with Gasteiger partial charge in [0.1, 0.15) is 5.69 Å². The summed E-state index contributed by atoms with van der Waals surface area (Å²) in [7, 11) is 1.72. The third kappa shape index (κ3) is 2.61. The van der Waals surface area contributed by atoms with Crippen molar-refractivity contribution in [3.8, 4) is 0 Å². The van der Waals surface area contributed by atoms with Crippen molar-refractivity contribution in [3.63, 3.8) is 0 Å². The van der Waals surface area contributed by atoms with Gasteiger partial charge in [0.15, 0.2) is 0 Å². The molecule has 0 unspecified atom stereocenters. The molecule has 1 saturated carbocycles. The number of amides is 2. The van der Waals surface area contributed by atoms with E-state index in [1.54, 1.807) is 11.9 Å². The lowest BCUT2D eigenvalue weighted by Crippen LogP contribution is -2.51. The van der Waals surface area contributed by atoms with E-state index in [2.05, 4.69) is 5.10 Å². The van der Waals surface area contributed by atoms with Crippen molar-refractivity contribution in [1.82, 2.24) is 19.6 Å². The molecule has 1 aromatic rings. The number of likely N-dealkylation sites (tertiary alicyclic amines) is 2. The van der Waals surface area contributed by atoms with Crippen LogP contribution >= 0.6 is 11.6 Å². The lowest BCUT2D eigenvalue weighted by atomic mass is 9.78. The molecule has 2 amide bonds. The van der Waals surface area contributed by atoms with Crippen LogP contribution in [0, 0.1) is 11.3 Å². The Morgan fingerprint density at radius 1 is 1.38 bits per heavy atom. The average molecular weight is 351 g/mol. The molecule has 6 nitrogen and oxygen atoms in total. The van der Waals surface area contributed by atoms with E-state index in [1.807, 2.05) is 4.90 Å². The molecule has 3 aliphatic rings. The molecule has 1 aliphatic carbocycles. The quantitative estimate of drug-likeness (QED) is 0.837. The van der Waals surface area contributed by atoms with E-state index >= 15 is 0 Å². The van der Waals surface area contributed by atoms with Crippen LogP contribution in [0.4, 0.5) is 0 Å². The highest BCUT2D eigenvalue weighted by Crippen LogP contribution is 2.42. The topological polar surface area (TPSA) is 58.4 Å². The van der Waals surface area contributed by atoms with E-state index in [0.29, 0.717) is 29.7 Å². The maximum Gasteiger partial charge on any atom is 0.273 e. The standard InChI is InChI=1S/C17H23ClN4O2/c1-20-14(13(18)9-19-20)15(23)22-8-6-17(11-22)5-2-7-21(16(17)24)10-12-3-4-12/h9,12H,2-8,10-11H2,1H3/t17-/m0/s1. The van der Waals surface area contributed by atoms with Gasteiger partial charge in [0.2, 0.25) is 5.91 Å². The zero-order chi connectivity index (χ0) is 16.9. The fraction of sp³-hybridized carbons (Fsp3) is 0.706. The molecular formula is C17H23ClN4O2. The Morgan fingerprint density at radius 2 is 2.17 bits per heavy atom. The van der Waals surface area contributed by atoms with Crippen LogP contribution in [0.25, 0.3) is 0 Å². The summed E-state index contributed by atoms with van der Waals surface area (Å²) < 4.78 is 1.51. The van der Waals surface area contributed by atoms with E-state index in [-0.39, 0.29) is 17.2 Å². The molecule has 7 heteroatoms. The average Bonchev–Trinajstić information content (AvgIpc) is 3.17. The summed E-state index contributed by atoms with van der Waals surface area (Å²) in [5.74, 6) is 0.840. The van der Waals surface area contributed by atoms with E-state index in [9.17, 15) is 9.59 Å². The van der Waals surface area contributed by atoms with Crippen molar-refractivity contribution >= 4 is 23.4 Å². The summed E-state index contributed by atoms with van der Waals surface area (Å²) in [5, 5.41) is 4.41. The number of carbonyl (C=O) groups is 2. The van der Waals surface area contributed by atoms with E-state index in [1.165, 1.54) is 23.7 Å². The molecule has 0 bridgehead atoms. The Kier molecular flexibility index (Phi) is 3.82. The van der Waals surface area contributed by atoms with Gasteiger partial charge in [0, 0.05) is 33.2 Å². The fourth-order valence-electron chi connectivity index (χ4n) is 4.16. The molecule has 3 heterocycles. The summed E-state index contributed by atoms with van der Waals surface area (Å²) in [6.07, 6.45) is 6.67. The molecule has 0 aromatic carbocycles. The Labute approximate surface area is 146 Å². The minimum atomic E-state index is -0.381. The second kappa shape index (κ2) is 5.76. The summed E-state index contributed by atoms with van der Waals surface area (Å²) >= 11 is 6.11. The maximum absolute atomic E-state index is 13.0. The number of carbonyl (C=O) groups excluding carboxylic acids is 2. The summed E-state index contributed by atoms with van der Waals surface area (Å²) in [6, 6.07) is 0. The molecule has 1 aromatic heterocycles. The highest BCUT2D eigenvalue weighted by molar-refractivity contribution is 6.33. The van der Waals surface area contributed by atoms with Crippen LogP contribution < -0.4 is 0 Å². The fourth-order valence-corrected chi connectivity index (χ4v) is 4.41. The first-order valence-corrected chi connectivity index (χ1v) is 9.14. The van der Waals surface area contributed by atoms with Gasteiger partial charge in [0.05, 0.1) is 16.6 Å². The lowest BCUT2D eigenvalue weighted by molar-refractivity contribution is -0.145. The second-order valence-electron chi connectivity index (χ2n) is 7.52. The van der Waals surface area contributed by atoms with Crippen LogP contribution in [-0.4, -0.2) is 57.6 Å². The molecular weight excluding hydrogens is 328 g/mol. The first kappa shape index (κ1) is 15.9. The minimum absolute atomic E-state index is 0.121. The summed E-state index contributed by atoms with van der Waals surface area (Å²) in [5.41, 5.74) is 0.0280. The van der Waals surface area contributed by atoms with Crippen molar-refractivity contribution in [1.29, 1.82) is 0 Å². The molecule has 2 saturated heterocycles. The smallest absolute Gasteiger partial charge is 0.273 e. The molecule has 130 valence electrons.